The number of amides is 1. The van der Waals surface area contributed by atoms with Crippen LogP contribution in [0.1, 0.15) is 31.8 Å². The second-order valence-electron chi connectivity index (χ2n) is 4.41. The molecule has 2 N–H and O–H groups in total. The van der Waals surface area contributed by atoms with Crippen molar-refractivity contribution in [2.75, 3.05) is 18.1 Å². The Morgan fingerprint density at radius 1 is 1.56 bits per heavy atom. The summed E-state index contributed by atoms with van der Waals surface area (Å²) in [5, 5.41) is 12.9. The molecule has 0 fully saturated rings. The van der Waals surface area contributed by atoms with Gasteiger partial charge in [0.15, 0.2) is 0 Å². The number of hydrogen-bond acceptors (Lipinski definition) is 4. The summed E-state index contributed by atoms with van der Waals surface area (Å²) in [6, 6.07) is 3.53. The molecule has 0 bridgehead atoms. The summed E-state index contributed by atoms with van der Waals surface area (Å²) in [6.45, 7) is 5.68. The summed E-state index contributed by atoms with van der Waals surface area (Å²) < 4.78 is 5.37. The van der Waals surface area contributed by atoms with Gasteiger partial charge in [0.1, 0.15) is 17.1 Å². The van der Waals surface area contributed by atoms with Crippen LogP contribution in [-0.4, -0.2) is 29.1 Å². The zero-order valence-electron chi connectivity index (χ0n) is 11.2. The summed E-state index contributed by atoms with van der Waals surface area (Å²) in [7, 11) is 0. The Hall–Kier alpha value is -0.940. The summed E-state index contributed by atoms with van der Waals surface area (Å²) in [5.74, 6) is 3.00. The van der Waals surface area contributed by atoms with Crippen molar-refractivity contribution in [1.29, 1.82) is 0 Å². The molecule has 1 amide bonds. The maximum absolute atomic E-state index is 11.5. The third kappa shape index (κ3) is 4.74. The molecule has 1 rings (SSSR count). The van der Waals surface area contributed by atoms with Crippen molar-refractivity contribution in [3.05, 3.63) is 23.7 Å². The largest absolute Gasteiger partial charge is 0.463 e. The predicted octanol–water partition coefficient (Wildman–Crippen LogP) is 2.05. The molecule has 0 aliphatic carbocycles. The minimum atomic E-state index is -1.16. The number of hydrogen-bond donors (Lipinski definition) is 2. The van der Waals surface area contributed by atoms with Crippen LogP contribution in [0.4, 0.5) is 0 Å². The second-order valence-corrected chi connectivity index (χ2v) is 5.80. The van der Waals surface area contributed by atoms with Crippen LogP contribution in [0.5, 0.6) is 0 Å². The fourth-order valence-corrected chi connectivity index (χ4v) is 2.10. The summed E-state index contributed by atoms with van der Waals surface area (Å²) in [5.41, 5.74) is -1.16. The topological polar surface area (TPSA) is 62.5 Å². The zero-order valence-corrected chi connectivity index (χ0v) is 12.0. The standard InChI is InChI=1S/C13H21NO3S/c1-4-18-8-7-12(15)14-9-13(3,16)11-6-5-10(2)17-11/h5-6,16H,4,7-9H2,1-3H3,(H,14,15). The van der Waals surface area contributed by atoms with Gasteiger partial charge in [-0.25, -0.2) is 0 Å². The van der Waals surface area contributed by atoms with Gasteiger partial charge < -0.3 is 14.8 Å². The molecule has 102 valence electrons. The van der Waals surface area contributed by atoms with Gasteiger partial charge in [0.05, 0.1) is 6.54 Å². The smallest absolute Gasteiger partial charge is 0.220 e. The van der Waals surface area contributed by atoms with E-state index in [9.17, 15) is 9.90 Å². The number of nitrogens with one attached hydrogen (secondary N) is 1. The zero-order chi connectivity index (χ0) is 13.6. The lowest BCUT2D eigenvalue weighted by molar-refractivity contribution is -0.122. The Labute approximate surface area is 112 Å². The Balaban J connectivity index is 2.39. The van der Waals surface area contributed by atoms with Crippen LogP contribution in [0.15, 0.2) is 16.5 Å². The Kier molecular flexibility index (Phi) is 5.75. The summed E-state index contributed by atoms with van der Waals surface area (Å²) in [4.78, 5) is 11.5. The fourth-order valence-electron chi connectivity index (χ4n) is 1.48. The number of aryl methyl sites for hydroxylation is 1. The lowest BCUT2D eigenvalue weighted by atomic mass is 10.0. The monoisotopic (exact) mass is 271 g/mol. The van der Waals surface area contributed by atoms with Crippen LogP contribution < -0.4 is 5.32 Å². The van der Waals surface area contributed by atoms with E-state index >= 15 is 0 Å². The molecule has 1 unspecified atom stereocenters. The van der Waals surface area contributed by atoms with Crippen LogP contribution in [0, 0.1) is 6.92 Å². The molecule has 1 atom stereocenters. The third-order valence-electron chi connectivity index (χ3n) is 2.58. The average molecular weight is 271 g/mol. The van der Waals surface area contributed by atoms with Crippen molar-refractivity contribution in [2.45, 2.75) is 32.8 Å². The van der Waals surface area contributed by atoms with Crippen molar-refractivity contribution >= 4 is 17.7 Å². The fraction of sp³-hybridized carbons (Fsp3) is 0.615. The first-order valence-corrected chi connectivity index (χ1v) is 7.25. The summed E-state index contributed by atoms with van der Waals surface area (Å²) in [6.07, 6.45) is 0.478. The predicted molar refractivity (Wildman–Crippen MR) is 73.6 cm³/mol. The number of furan rings is 1. The van der Waals surface area contributed by atoms with Gasteiger partial charge in [0.25, 0.3) is 0 Å². The van der Waals surface area contributed by atoms with Crippen molar-refractivity contribution in [3.63, 3.8) is 0 Å². The number of thioether (sulfide) groups is 1. The van der Waals surface area contributed by atoms with Crippen LogP contribution in [0.2, 0.25) is 0 Å². The highest BCUT2D eigenvalue weighted by Gasteiger charge is 2.27. The Morgan fingerprint density at radius 2 is 2.28 bits per heavy atom. The normalized spacial score (nSPS) is 14.2. The maximum Gasteiger partial charge on any atom is 0.220 e. The van der Waals surface area contributed by atoms with E-state index in [1.54, 1.807) is 30.8 Å². The van der Waals surface area contributed by atoms with Crippen LogP contribution in [-0.2, 0) is 10.4 Å². The molecule has 0 aromatic carbocycles. The number of aliphatic hydroxyl groups is 1. The van der Waals surface area contributed by atoms with E-state index in [2.05, 4.69) is 12.2 Å². The molecule has 0 aliphatic rings. The van der Waals surface area contributed by atoms with Gasteiger partial charge in [-0.05, 0) is 31.7 Å². The maximum atomic E-state index is 11.5. The molecule has 0 saturated carbocycles. The quantitative estimate of drug-likeness (QED) is 0.745. The van der Waals surface area contributed by atoms with Gasteiger partial charge in [-0.15, -0.1) is 0 Å². The van der Waals surface area contributed by atoms with E-state index in [0.717, 1.165) is 17.3 Å². The number of carbonyl (C=O) groups excluding carboxylic acids is 1. The molecular formula is C13H21NO3S. The number of rotatable bonds is 7. The molecule has 1 aromatic heterocycles. The van der Waals surface area contributed by atoms with Gasteiger partial charge in [0.2, 0.25) is 5.91 Å². The highest BCUT2D eigenvalue weighted by atomic mass is 32.2. The molecule has 0 spiro atoms. The van der Waals surface area contributed by atoms with Gasteiger partial charge in [-0.3, -0.25) is 4.79 Å². The summed E-state index contributed by atoms with van der Waals surface area (Å²) >= 11 is 1.73. The SMILES string of the molecule is CCSCCC(=O)NCC(C)(O)c1ccc(C)o1. The van der Waals surface area contributed by atoms with E-state index in [0.29, 0.717) is 12.2 Å². The molecule has 0 aliphatic heterocycles. The van der Waals surface area contributed by atoms with Crippen molar-refractivity contribution < 1.29 is 14.3 Å². The molecular weight excluding hydrogens is 250 g/mol. The lowest BCUT2D eigenvalue weighted by Gasteiger charge is -2.21. The Bertz CT molecular complexity index is 387. The highest BCUT2D eigenvalue weighted by Crippen LogP contribution is 2.21. The van der Waals surface area contributed by atoms with E-state index in [1.165, 1.54) is 0 Å². The lowest BCUT2D eigenvalue weighted by Crippen LogP contribution is -2.38. The van der Waals surface area contributed by atoms with Gasteiger partial charge >= 0.3 is 0 Å². The number of carbonyl (C=O) groups is 1. The van der Waals surface area contributed by atoms with E-state index in [1.807, 2.05) is 6.92 Å². The minimum Gasteiger partial charge on any atom is -0.463 e. The van der Waals surface area contributed by atoms with Crippen molar-refractivity contribution in [3.8, 4) is 0 Å². The van der Waals surface area contributed by atoms with Crippen LogP contribution in [0.3, 0.4) is 0 Å². The first kappa shape index (κ1) is 15.1. The van der Waals surface area contributed by atoms with E-state index in [-0.39, 0.29) is 12.5 Å². The first-order chi connectivity index (χ1) is 8.45. The highest BCUT2D eigenvalue weighted by molar-refractivity contribution is 7.99. The average Bonchev–Trinajstić information content (AvgIpc) is 2.75. The van der Waals surface area contributed by atoms with Crippen LogP contribution in [0.25, 0.3) is 0 Å². The van der Waals surface area contributed by atoms with Crippen LogP contribution >= 0.6 is 11.8 Å². The molecule has 4 nitrogen and oxygen atoms in total. The van der Waals surface area contributed by atoms with Gasteiger partial charge in [-0.2, -0.15) is 11.8 Å². The van der Waals surface area contributed by atoms with Gasteiger partial charge in [0, 0.05) is 12.2 Å². The van der Waals surface area contributed by atoms with Gasteiger partial charge in [-0.1, -0.05) is 6.92 Å². The second kappa shape index (κ2) is 6.85. The molecule has 18 heavy (non-hydrogen) atoms. The molecule has 1 aromatic rings. The Morgan fingerprint density at radius 3 is 2.83 bits per heavy atom. The molecule has 1 heterocycles. The molecule has 0 radical (unpaired) electrons. The minimum absolute atomic E-state index is 0.0421. The first-order valence-electron chi connectivity index (χ1n) is 6.09. The van der Waals surface area contributed by atoms with Crippen molar-refractivity contribution in [1.82, 2.24) is 5.32 Å². The molecule has 5 heteroatoms. The van der Waals surface area contributed by atoms with Crippen molar-refractivity contribution in [2.24, 2.45) is 0 Å². The molecule has 0 saturated heterocycles. The van der Waals surface area contributed by atoms with E-state index in [4.69, 9.17) is 4.42 Å². The third-order valence-corrected chi connectivity index (χ3v) is 3.48. The van der Waals surface area contributed by atoms with E-state index < -0.39 is 5.60 Å².